The summed E-state index contributed by atoms with van der Waals surface area (Å²) in [5.74, 6) is 0.470. The maximum absolute atomic E-state index is 13.8. The van der Waals surface area contributed by atoms with E-state index >= 15 is 0 Å². The molecule has 6 rings (SSSR count). The number of halogens is 1. The van der Waals surface area contributed by atoms with Crippen LogP contribution in [0.25, 0.3) is 10.9 Å². The van der Waals surface area contributed by atoms with Crippen LogP contribution in [0.4, 0.5) is 0 Å². The Balaban J connectivity index is 1.24. The fourth-order valence-corrected chi connectivity index (χ4v) is 6.78. The second-order valence-electron chi connectivity index (χ2n) is 11.1. The van der Waals surface area contributed by atoms with Gasteiger partial charge < -0.3 is 19.9 Å². The highest BCUT2D eigenvalue weighted by molar-refractivity contribution is 6.31. The molecule has 194 valence electrons. The normalized spacial score (nSPS) is 27.8. The Morgan fingerprint density at radius 2 is 2.03 bits per heavy atom. The average molecular weight is 523 g/mol. The Hall–Kier alpha value is -3.05. The predicted molar refractivity (Wildman–Crippen MR) is 137 cm³/mol. The summed E-state index contributed by atoms with van der Waals surface area (Å²) in [5.41, 5.74) is 1.11. The number of aromatic nitrogens is 1. The van der Waals surface area contributed by atoms with Crippen molar-refractivity contribution >= 4 is 40.1 Å². The van der Waals surface area contributed by atoms with Crippen LogP contribution in [0.3, 0.4) is 0 Å². The van der Waals surface area contributed by atoms with Gasteiger partial charge in [0.25, 0.3) is 5.91 Å². The zero-order valence-electron chi connectivity index (χ0n) is 20.7. The SMILES string of the molecule is N#CC(CC1CCCC1=O)NC(=O)C1C2CCCC2CN1C(=O)c1cc2c(OC3CC3)cc(Cl)cc2[nH]1. The van der Waals surface area contributed by atoms with E-state index in [4.69, 9.17) is 16.3 Å². The van der Waals surface area contributed by atoms with E-state index in [0.29, 0.717) is 35.9 Å². The molecule has 0 bridgehead atoms. The summed E-state index contributed by atoms with van der Waals surface area (Å²) >= 11 is 6.31. The van der Waals surface area contributed by atoms with E-state index in [9.17, 15) is 19.6 Å². The van der Waals surface area contributed by atoms with Crippen molar-refractivity contribution in [2.75, 3.05) is 6.54 Å². The van der Waals surface area contributed by atoms with Crippen molar-refractivity contribution < 1.29 is 19.1 Å². The smallest absolute Gasteiger partial charge is 0.271 e. The number of hydrogen-bond acceptors (Lipinski definition) is 5. The van der Waals surface area contributed by atoms with Crippen molar-refractivity contribution in [3.63, 3.8) is 0 Å². The molecule has 4 aliphatic rings. The Bertz CT molecular complexity index is 1300. The first-order valence-electron chi connectivity index (χ1n) is 13.4. The van der Waals surface area contributed by atoms with Gasteiger partial charge in [-0.15, -0.1) is 0 Å². The van der Waals surface area contributed by atoms with Crippen LogP contribution in [0.5, 0.6) is 5.75 Å². The van der Waals surface area contributed by atoms with Crippen LogP contribution in [0.1, 0.15) is 68.3 Å². The van der Waals surface area contributed by atoms with Crippen LogP contribution in [-0.2, 0) is 9.59 Å². The molecule has 2 heterocycles. The number of nitrogens with one attached hydrogen (secondary N) is 2. The molecular weight excluding hydrogens is 492 g/mol. The molecule has 8 nitrogen and oxygen atoms in total. The third-order valence-electron chi connectivity index (χ3n) is 8.56. The molecule has 0 radical (unpaired) electrons. The lowest BCUT2D eigenvalue weighted by Gasteiger charge is -2.28. The third-order valence-corrected chi connectivity index (χ3v) is 8.78. The summed E-state index contributed by atoms with van der Waals surface area (Å²) in [6.45, 7) is 0.515. The number of ether oxygens (including phenoxy) is 1. The zero-order chi connectivity index (χ0) is 25.7. The van der Waals surface area contributed by atoms with Gasteiger partial charge >= 0.3 is 0 Å². The van der Waals surface area contributed by atoms with Gasteiger partial charge in [0.15, 0.2) is 0 Å². The molecule has 3 saturated carbocycles. The second-order valence-corrected chi connectivity index (χ2v) is 11.5. The van der Waals surface area contributed by atoms with Crippen LogP contribution in [0, 0.1) is 29.1 Å². The number of rotatable bonds is 7. The molecule has 1 aliphatic heterocycles. The first kappa shape index (κ1) is 24.3. The summed E-state index contributed by atoms with van der Waals surface area (Å²) < 4.78 is 6.03. The largest absolute Gasteiger partial charge is 0.490 e. The monoisotopic (exact) mass is 522 g/mol. The van der Waals surface area contributed by atoms with Gasteiger partial charge in [0, 0.05) is 29.3 Å². The van der Waals surface area contributed by atoms with Gasteiger partial charge in [-0.3, -0.25) is 14.4 Å². The summed E-state index contributed by atoms with van der Waals surface area (Å²) in [5, 5.41) is 13.9. The lowest BCUT2D eigenvalue weighted by atomic mass is 9.92. The molecule has 9 heteroatoms. The maximum Gasteiger partial charge on any atom is 0.271 e. The van der Waals surface area contributed by atoms with Gasteiger partial charge in [-0.2, -0.15) is 5.26 Å². The number of amides is 2. The van der Waals surface area contributed by atoms with Crippen molar-refractivity contribution in [3.05, 3.63) is 28.9 Å². The number of H-pyrrole nitrogens is 1. The van der Waals surface area contributed by atoms with E-state index in [-0.39, 0.29) is 41.5 Å². The fourth-order valence-electron chi connectivity index (χ4n) is 6.58. The number of Topliss-reactive ketones (excluding diaryl/α,β-unsaturated/α-hetero) is 1. The van der Waals surface area contributed by atoms with Crippen molar-refractivity contribution in [1.82, 2.24) is 15.2 Å². The number of fused-ring (bicyclic) bond motifs is 2. The topological polar surface area (TPSA) is 115 Å². The van der Waals surface area contributed by atoms with Crippen molar-refractivity contribution in [3.8, 4) is 11.8 Å². The molecule has 1 aromatic carbocycles. The fraction of sp³-hybridized carbons (Fsp3) is 0.571. The molecule has 3 aliphatic carbocycles. The zero-order valence-corrected chi connectivity index (χ0v) is 21.4. The lowest BCUT2D eigenvalue weighted by Crippen LogP contribution is -2.51. The molecule has 0 spiro atoms. The van der Waals surface area contributed by atoms with Gasteiger partial charge in [0.2, 0.25) is 5.91 Å². The summed E-state index contributed by atoms with van der Waals surface area (Å²) in [6.07, 6.45) is 7.60. The summed E-state index contributed by atoms with van der Waals surface area (Å²) in [7, 11) is 0. The molecule has 1 saturated heterocycles. The minimum atomic E-state index is -0.741. The minimum Gasteiger partial charge on any atom is -0.490 e. The lowest BCUT2D eigenvalue weighted by molar-refractivity contribution is -0.127. The standard InChI is InChI=1S/C28H31ClN4O4/c29-17-10-22-21(25(11-17)37-19-7-8-19)12-23(32-22)28(36)33-14-16-4-1-5-20(16)26(33)27(35)31-18(13-30)9-15-3-2-6-24(15)34/h10-12,15-16,18-20,26,32H,1-9,14H2,(H,31,35). The number of hydrogen-bond donors (Lipinski definition) is 2. The van der Waals surface area contributed by atoms with E-state index in [0.717, 1.165) is 55.8 Å². The molecule has 5 atom stereocenters. The average Bonchev–Trinajstić information content (AvgIpc) is 3.22. The van der Waals surface area contributed by atoms with Crippen LogP contribution in [0.15, 0.2) is 18.2 Å². The number of ketones is 1. The molecule has 1 aromatic heterocycles. The molecule has 2 N–H and O–H groups in total. The number of aromatic amines is 1. The van der Waals surface area contributed by atoms with Crippen LogP contribution < -0.4 is 10.1 Å². The highest BCUT2D eigenvalue weighted by atomic mass is 35.5. The van der Waals surface area contributed by atoms with Crippen LogP contribution >= 0.6 is 11.6 Å². The highest BCUT2D eigenvalue weighted by Gasteiger charge is 2.50. The number of carbonyl (C=O) groups is 3. The van der Waals surface area contributed by atoms with E-state index in [1.165, 1.54) is 0 Å². The predicted octanol–water partition coefficient (Wildman–Crippen LogP) is 4.37. The Kier molecular flexibility index (Phi) is 6.36. The first-order valence-corrected chi connectivity index (χ1v) is 13.8. The minimum absolute atomic E-state index is 0.0731. The van der Waals surface area contributed by atoms with E-state index in [1.54, 1.807) is 23.1 Å². The van der Waals surface area contributed by atoms with E-state index in [2.05, 4.69) is 16.4 Å². The van der Waals surface area contributed by atoms with Crippen molar-refractivity contribution in [1.29, 1.82) is 5.26 Å². The first-order chi connectivity index (χ1) is 17.9. The van der Waals surface area contributed by atoms with Gasteiger partial charge in [-0.05, 0) is 75.0 Å². The number of carbonyl (C=O) groups excluding carboxylic acids is 3. The van der Waals surface area contributed by atoms with Crippen molar-refractivity contribution in [2.45, 2.75) is 76.0 Å². The number of nitrogens with zero attached hydrogens (tertiary/aromatic N) is 2. The Labute approximate surface area is 220 Å². The summed E-state index contributed by atoms with van der Waals surface area (Å²) in [6, 6.07) is 6.14. The molecule has 4 fully saturated rings. The highest BCUT2D eigenvalue weighted by Crippen LogP contribution is 2.43. The Morgan fingerprint density at radius 1 is 1.19 bits per heavy atom. The molecular formula is C28H31ClN4O4. The van der Waals surface area contributed by atoms with Gasteiger partial charge in [-0.25, -0.2) is 0 Å². The molecule has 2 amide bonds. The Morgan fingerprint density at radius 3 is 2.76 bits per heavy atom. The van der Waals surface area contributed by atoms with Crippen LogP contribution in [0.2, 0.25) is 5.02 Å². The van der Waals surface area contributed by atoms with Gasteiger partial charge in [-0.1, -0.05) is 18.0 Å². The van der Waals surface area contributed by atoms with E-state index in [1.807, 2.05) is 0 Å². The number of nitriles is 1. The van der Waals surface area contributed by atoms with E-state index < -0.39 is 12.1 Å². The number of benzene rings is 1. The third kappa shape index (κ3) is 4.70. The molecule has 5 unspecified atom stereocenters. The van der Waals surface area contributed by atoms with Gasteiger partial charge in [0.05, 0.1) is 17.7 Å². The number of likely N-dealkylation sites (tertiary alicyclic amines) is 1. The molecule has 37 heavy (non-hydrogen) atoms. The summed E-state index contributed by atoms with van der Waals surface area (Å²) in [4.78, 5) is 44.3. The maximum atomic E-state index is 13.8. The van der Waals surface area contributed by atoms with Crippen LogP contribution in [-0.4, -0.2) is 52.2 Å². The van der Waals surface area contributed by atoms with Gasteiger partial charge in [0.1, 0.15) is 29.3 Å². The second kappa shape index (κ2) is 9.68. The van der Waals surface area contributed by atoms with Crippen molar-refractivity contribution in [2.24, 2.45) is 17.8 Å². The quantitative estimate of drug-likeness (QED) is 0.560. The molecule has 2 aromatic rings.